The third-order valence-corrected chi connectivity index (χ3v) is 7.86. The Morgan fingerprint density at radius 2 is 1.77 bits per heavy atom. The fraction of sp³-hybridized carbons (Fsp3) is 0.444. The number of carbonyl (C=O) groups excluding carboxylic acids is 1. The second kappa shape index (κ2) is 20.9. The normalized spacial score (nSPS) is 16.6. The Morgan fingerprint density at radius 3 is 2.45 bits per heavy atom. The average molecular weight is 639 g/mol. The molecule has 0 radical (unpaired) electrons. The number of carboxylic acids is 1. The van der Waals surface area contributed by atoms with Gasteiger partial charge in [0.1, 0.15) is 18.4 Å². The molecule has 0 bridgehead atoms. The third kappa shape index (κ3) is 12.2. The minimum atomic E-state index is -1.01. The van der Waals surface area contributed by atoms with Crippen molar-refractivity contribution >= 4 is 41.0 Å². The smallest absolute Gasteiger partial charge is 0.326 e. The monoisotopic (exact) mass is 638 g/mol. The summed E-state index contributed by atoms with van der Waals surface area (Å²) in [6.07, 6.45) is 17.5. The minimum Gasteiger partial charge on any atom is -0.492 e. The Hall–Kier alpha value is -2.94. The second-order valence-electron chi connectivity index (χ2n) is 10.6. The summed E-state index contributed by atoms with van der Waals surface area (Å²) in [6.45, 7) is 8.49. The van der Waals surface area contributed by atoms with Crippen LogP contribution in [-0.2, 0) is 11.3 Å². The fourth-order valence-electron chi connectivity index (χ4n) is 5.11. The van der Waals surface area contributed by atoms with Gasteiger partial charge in [-0.05, 0) is 105 Å². The SMILES string of the molecule is CC.CSC.CSCCC(NC(=O)c1ccc(CN2CCCC2COc2ccccc2)cc1C1=CC=CC=C(C)C1)C(=O)O. The number of rotatable bonds is 12. The summed E-state index contributed by atoms with van der Waals surface area (Å²) in [4.78, 5) is 27.7. The van der Waals surface area contributed by atoms with E-state index in [1.54, 1.807) is 23.5 Å². The van der Waals surface area contributed by atoms with E-state index >= 15 is 0 Å². The number of allylic oxidation sites excluding steroid dienone is 6. The first-order chi connectivity index (χ1) is 21.4. The molecule has 0 aromatic heterocycles. The van der Waals surface area contributed by atoms with Crippen molar-refractivity contribution in [2.45, 2.75) is 65.1 Å². The Kier molecular flexibility index (Phi) is 17.7. The van der Waals surface area contributed by atoms with Crippen molar-refractivity contribution < 1.29 is 19.4 Å². The zero-order valence-corrected chi connectivity index (χ0v) is 28.8. The van der Waals surface area contributed by atoms with Crippen molar-refractivity contribution in [3.63, 3.8) is 0 Å². The Labute approximate surface area is 273 Å². The average Bonchev–Trinajstić information content (AvgIpc) is 3.35. The summed E-state index contributed by atoms with van der Waals surface area (Å²) < 4.78 is 6.07. The lowest BCUT2D eigenvalue weighted by molar-refractivity contribution is -0.139. The summed E-state index contributed by atoms with van der Waals surface area (Å²) in [6, 6.07) is 15.3. The number of hydrogen-bond donors (Lipinski definition) is 2. The molecule has 2 atom stereocenters. The molecule has 1 aliphatic heterocycles. The number of nitrogens with one attached hydrogen (secondary N) is 1. The molecule has 6 nitrogen and oxygen atoms in total. The summed E-state index contributed by atoms with van der Waals surface area (Å²) in [5.74, 6) is 0.185. The summed E-state index contributed by atoms with van der Waals surface area (Å²) in [5.41, 5.74) is 4.74. The number of nitrogens with zero attached hydrogens (tertiary/aromatic N) is 1. The van der Waals surface area contributed by atoms with Gasteiger partial charge in [0.2, 0.25) is 0 Å². The highest BCUT2D eigenvalue weighted by Gasteiger charge is 2.27. The predicted molar refractivity (Wildman–Crippen MR) is 190 cm³/mol. The number of thioether (sulfide) groups is 2. The van der Waals surface area contributed by atoms with Crippen LogP contribution < -0.4 is 10.1 Å². The molecule has 1 saturated heterocycles. The Morgan fingerprint density at radius 1 is 1.07 bits per heavy atom. The fourth-order valence-corrected chi connectivity index (χ4v) is 5.58. The molecule has 8 heteroatoms. The molecular weight excluding hydrogens is 589 g/mol. The third-order valence-electron chi connectivity index (χ3n) is 7.22. The van der Waals surface area contributed by atoms with E-state index in [4.69, 9.17) is 4.74 Å². The Balaban J connectivity index is 0.00000127. The molecule has 0 saturated carbocycles. The lowest BCUT2D eigenvalue weighted by atomic mass is 9.92. The highest BCUT2D eigenvalue weighted by Crippen LogP contribution is 2.30. The van der Waals surface area contributed by atoms with E-state index in [0.717, 1.165) is 54.8 Å². The predicted octanol–water partition coefficient (Wildman–Crippen LogP) is 7.96. The van der Waals surface area contributed by atoms with Crippen LogP contribution in [0.4, 0.5) is 0 Å². The molecule has 1 fully saturated rings. The van der Waals surface area contributed by atoms with E-state index < -0.39 is 12.0 Å². The highest BCUT2D eigenvalue weighted by molar-refractivity contribution is 7.98. The van der Waals surface area contributed by atoms with Crippen LogP contribution in [0, 0.1) is 0 Å². The maximum atomic E-state index is 13.4. The molecule has 2 N–H and O–H groups in total. The van der Waals surface area contributed by atoms with Gasteiger partial charge in [-0.25, -0.2) is 4.79 Å². The zero-order chi connectivity index (χ0) is 32.3. The molecule has 0 spiro atoms. The van der Waals surface area contributed by atoms with Gasteiger partial charge in [0.05, 0.1) is 0 Å². The van der Waals surface area contributed by atoms with Crippen LogP contribution in [0.5, 0.6) is 5.75 Å². The molecule has 1 heterocycles. The number of para-hydroxylation sites is 1. The number of benzene rings is 2. The van der Waals surface area contributed by atoms with Gasteiger partial charge >= 0.3 is 5.97 Å². The summed E-state index contributed by atoms with van der Waals surface area (Å²) in [5, 5.41) is 12.4. The van der Waals surface area contributed by atoms with Crippen LogP contribution in [0.1, 0.15) is 67.9 Å². The van der Waals surface area contributed by atoms with Gasteiger partial charge in [-0.3, -0.25) is 9.69 Å². The molecule has 240 valence electrons. The van der Waals surface area contributed by atoms with Crippen molar-refractivity contribution in [3.8, 4) is 5.75 Å². The molecule has 44 heavy (non-hydrogen) atoms. The number of carboxylic acid groups (broad SMARTS) is 1. The molecule has 2 unspecified atom stereocenters. The molecule has 2 aromatic rings. The van der Waals surface area contributed by atoms with Crippen molar-refractivity contribution in [1.29, 1.82) is 0 Å². The maximum Gasteiger partial charge on any atom is 0.326 e. The van der Waals surface area contributed by atoms with Gasteiger partial charge in [0.25, 0.3) is 5.91 Å². The van der Waals surface area contributed by atoms with Gasteiger partial charge in [-0.15, -0.1) is 0 Å². The molecule has 1 amide bonds. The molecule has 1 aliphatic carbocycles. The van der Waals surface area contributed by atoms with Crippen molar-refractivity contribution in [3.05, 3.63) is 95.1 Å². The van der Waals surface area contributed by atoms with E-state index in [9.17, 15) is 14.7 Å². The summed E-state index contributed by atoms with van der Waals surface area (Å²) in [7, 11) is 0. The molecular formula is C36H50N2O4S2. The topological polar surface area (TPSA) is 78.9 Å². The number of likely N-dealkylation sites (tertiary alicyclic amines) is 1. The molecule has 2 aromatic carbocycles. The number of ether oxygens (including phenoxy) is 1. The van der Waals surface area contributed by atoms with E-state index in [0.29, 0.717) is 30.4 Å². The van der Waals surface area contributed by atoms with Crippen LogP contribution in [0.3, 0.4) is 0 Å². The molecule has 4 rings (SSSR count). The van der Waals surface area contributed by atoms with Crippen LogP contribution >= 0.6 is 23.5 Å². The lowest BCUT2D eigenvalue weighted by Gasteiger charge is -2.25. The van der Waals surface area contributed by atoms with Crippen molar-refractivity contribution in [2.75, 3.05) is 37.7 Å². The van der Waals surface area contributed by atoms with Gasteiger partial charge in [-0.2, -0.15) is 23.5 Å². The van der Waals surface area contributed by atoms with Gasteiger partial charge < -0.3 is 15.2 Å². The summed E-state index contributed by atoms with van der Waals surface area (Å²) >= 11 is 3.32. The molecule has 2 aliphatic rings. The van der Waals surface area contributed by atoms with E-state index in [1.165, 1.54) is 5.57 Å². The number of amides is 1. The van der Waals surface area contributed by atoms with E-state index in [-0.39, 0.29) is 5.91 Å². The highest BCUT2D eigenvalue weighted by atomic mass is 32.2. The van der Waals surface area contributed by atoms with Gasteiger partial charge in [0, 0.05) is 18.2 Å². The zero-order valence-electron chi connectivity index (χ0n) is 27.2. The number of carbonyl (C=O) groups is 2. The first-order valence-electron chi connectivity index (χ1n) is 15.4. The van der Waals surface area contributed by atoms with Gasteiger partial charge in [0.15, 0.2) is 0 Å². The lowest BCUT2D eigenvalue weighted by Crippen LogP contribution is -2.41. The maximum absolute atomic E-state index is 13.4. The first kappa shape index (κ1) is 37.2. The quantitative estimate of drug-likeness (QED) is 0.244. The second-order valence-corrected chi connectivity index (χ2v) is 12.4. The van der Waals surface area contributed by atoms with Crippen LogP contribution in [0.25, 0.3) is 5.57 Å². The largest absolute Gasteiger partial charge is 0.492 e. The van der Waals surface area contributed by atoms with Crippen molar-refractivity contribution in [2.24, 2.45) is 0 Å². The minimum absolute atomic E-state index is 0.328. The standard InChI is InChI=1S/C32H38N2O4S.C2H6S.C2H6/c1-23-9-6-7-10-25(19-23)29-20-24(14-15-28(29)31(35)33-30(32(36)37)16-18-39-2)21-34-17-8-11-26(34)22-38-27-12-4-3-5-13-27;1-3-2;1-2/h3-7,9-10,12-15,20,26,30H,8,11,16-19,21-22H2,1-2H3,(H,33,35)(H,36,37);1-2H3;1-2H3. The van der Waals surface area contributed by atoms with Crippen LogP contribution in [-0.4, -0.2) is 71.6 Å². The van der Waals surface area contributed by atoms with Crippen LogP contribution in [0.2, 0.25) is 0 Å². The van der Waals surface area contributed by atoms with Gasteiger partial charge in [-0.1, -0.05) is 68.0 Å². The first-order valence-corrected chi connectivity index (χ1v) is 18.4. The Bertz CT molecular complexity index is 1260. The van der Waals surface area contributed by atoms with Crippen LogP contribution in [0.15, 0.2) is 78.4 Å². The number of aliphatic carboxylic acids is 1. The van der Waals surface area contributed by atoms with Crippen molar-refractivity contribution in [1.82, 2.24) is 10.2 Å². The van der Waals surface area contributed by atoms with E-state index in [2.05, 4.69) is 35.4 Å². The number of hydrogen-bond acceptors (Lipinski definition) is 6. The van der Waals surface area contributed by atoms with E-state index in [1.807, 2.05) is 87.2 Å².